The van der Waals surface area contributed by atoms with Crippen LogP contribution in [0.1, 0.15) is 47.5 Å². The molecular weight excluding hydrogens is 412 g/mol. The zero-order valence-electron chi connectivity index (χ0n) is 15.0. The first-order valence-corrected chi connectivity index (χ1v) is 9.21. The number of halogens is 6. The van der Waals surface area contributed by atoms with Gasteiger partial charge in [0, 0.05) is 10.8 Å². The summed E-state index contributed by atoms with van der Waals surface area (Å²) in [5, 5.41) is 1.81. The van der Waals surface area contributed by atoms with E-state index in [1.807, 2.05) is 0 Å². The molecule has 5 nitrogen and oxygen atoms in total. The summed E-state index contributed by atoms with van der Waals surface area (Å²) in [5.41, 5.74) is 0.451. The molecule has 0 saturated heterocycles. The maximum Gasteiger partial charge on any atom is 0.439 e. The van der Waals surface area contributed by atoms with Crippen molar-refractivity contribution in [3.05, 3.63) is 16.0 Å². The van der Waals surface area contributed by atoms with Crippen molar-refractivity contribution in [1.29, 1.82) is 0 Å². The Hall–Kier alpha value is -1.98. The normalized spacial score (nSPS) is 15.3. The lowest BCUT2D eigenvalue weighted by molar-refractivity contribution is -0.296. The molecule has 2 rings (SSSR count). The van der Waals surface area contributed by atoms with Gasteiger partial charge < -0.3 is 16.4 Å². The van der Waals surface area contributed by atoms with Crippen LogP contribution in [0.15, 0.2) is 0 Å². The van der Waals surface area contributed by atoms with Gasteiger partial charge in [-0.3, -0.25) is 9.59 Å². The topological polar surface area (TPSA) is 84.2 Å². The van der Waals surface area contributed by atoms with Gasteiger partial charge in [0.2, 0.25) is 5.91 Å². The summed E-state index contributed by atoms with van der Waals surface area (Å²) in [4.78, 5) is 24.1. The number of alkyl halides is 6. The number of fused-ring (bicyclic) bond motifs is 1. The predicted octanol–water partition coefficient (Wildman–Crippen LogP) is 3.73. The number of nitrogens with two attached hydrogens (primary N) is 1. The van der Waals surface area contributed by atoms with Crippen LogP contribution in [-0.2, 0) is 17.6 Å². The van der Waals surface area contributed by atoms with Crippen LogP contribution in [0.2, 0.25) is 0 Å². The van der Waals surface area contributed by atoms with Crippen LogP contribution < -0.4 is 16.4 Å². The SMILES string of the molecule is CC(C)C(=O)NC(Nc1sc2c(c1C(N)=O)CCCC2)(C(F)(F)F)C(F)(F)F. The number of amides is 2. The first-order chi connectivity index (χ1) is 12.7. The van der Waals surface area contributed by atoms with Crippen molar-refractivity contribution < 1.29 is 35.9 Å². The van der Waals surface area contributed by atoms with E-state index >= 15 is 0 Å². The molecule has 158 valence electrons. The lowest BCUT2D eigenvalue weighted by Gasteiger charge is -2.39. The van der Waals surface area contributed by atoms with Crippen molar-refractivity contribution in [3.63, 3.8) is 0 Å². The molecule has 1 aromatic heterocycles. The maximum atomic E-state index is 13.7. The highest BCUT2D eigenvalue weighted by atomic mass is 32.1. The van der Waals surface area contributed by atoms with Gasteiger partial charge in [-0.05, 0) is 31.2 Å². The fraction of sp³-hybridized carbons (Fsp3) is 0.625. The van der Waals surface area contributed by atoms with Crippen molar-refractivity contribution in [3.8, 4) is 0 Å². The second-order valence-electron chi connectivity index (χ2n) is 6.79. The van der Waals surface area contributed by atoms with Crippen LogP contribution >= 0.6 is 11.3 Å². The minimum Gasteiger partial charge on any atom is -0.365 e. The molecule has 1 heterocycles. The van der Waals surface area contributed by atoms with E-state index < -0.39 is 46.3 Å². The monoisotopic (exact) mass is 431 g/mol. The van der Waals surface area contributed by atoms with Crippen LogP contribution in [0.25, 0.3) is 0 Å². The number of hydrogen-bond donors (Lipinski definition) is 3. The zero-order chi connectivity index (χ0) is 21.5. The highest BCUT2D eigenvalue weighted by molar-refractivity contribution is 7.16. The highest BCUT2D eigenvalue weighted by Gasteiger charge is 2.73. The average molecular weight is 431 g/mol. The minimum absolute atomic E-state index is 0.329. The number of aryl methyl sites for hydroxylation is 1. The van der Waals surface area contributed by atoms with Gasteiger partial charge in [-0.2, -0.15) is 26.3 Å². The van der Waals surface area contributed by atoms with Gasteiger partial charge in [-0.25, -0.2) is 0 Å². The van der Waals surface area contributed by atoms with Gasteiger partial charge in [-0.1, -0.05) is 13.8 Å². The molecule has 1 aromatic rings. The molecule has 0 fully saturated rings. The van der Waals surface area contributed by atoms with Crippen LogP contribution in [0, 0.1) is 5.92 Å². The fourth-order valence-electron chi connectivity index (χ4n) is 2.89. The summed E-state index contributed by atoms with van der Waals surface area (Å²) < 4.78 is 82.1. The molecule has 0 bridgehead atoms. The Labute approximate surface area is 160 Å². The summed E-state index contributed by atoms with van der Waals surface area (Å²) in [6.07, 6.45) is -9.82. The average Bonchev–Trinajstić information content (AvgIpc) is 2.89. The first kappa shape index (κ1) is 22.3. The third-order valence-electron chi connectivity index (χ3n) is 4.40. The van der Waals surface area contributed by atoms with Crippen molar-refractivity contribution in [1.82, 2.24) is 5.32 Å². The second-order valence-corrected chi connectivity index (χ2v) is 7.90. The fourth-order valence-corrected chi connectivity index (χ4v) is 4.24. The van der Waals surface area contributed by atoms with Crippen molar-refractivity contribution in [2.24, 2.45) is 11.7 Å². The summed E-state index contributed by atoms with van der Waals surface area (Å²) in [7, 11) is 0. The van der Waals surface area contributed by atoms with Crippen molar-refractivity contribution in [2.45, 2.75) is 57.5 Å². The third-order valence-corrected chi connectivity index (χ3v) is 5.61. The molecule has 28 heavy (non-hydrogen) atoms. The number of carbonyl (C=O) groups is 2. The van der Waals surface area contributed by atoms with Gasteiger partial charge >= 0.3 is 18.0 Å². The van der Waals surface area contributed by atoms with E-state index in [1.54, 1.807) is 0 Å². The van der Waals surface area contributed by atoms with E-state index in [9.17, 15) is 35.9 Å². The van der Waals surface area contributed by atoms with Gasteiger partial charge in [-0.15, -0.1) is 11.3 Å². The van der Waals surface area contributed by atoms with E-state index in [0.29, 0.717) is 47.5 Å². The Morgan fingerprint density at radius 3 is 2.04 bits per heavy atom. The maximum absolute atomic E-state index is 13.7. The largest absolute Gasteiger partial charge is 0.439 e. The summed E-state index contributed by atoms with van der Waals surface area (Å²) in [6, 6.07) is 0. The summed E-state index contributed by atoms with van der Waals surface area (Å²) in [6.45, 7) is 2.32. The van der Waals surface area contributed by atoms with Crippen LogP contribution in [0.5, 0.6) is 0 Å². The Morgan fingerprint density at radius 2 is 1.57 bits per heavy atom. The molecule has 0 spiro atoms. The Kier molecular flexibility index (Phi) is 5.94. The molecule has 0 unspecified atom stereocenters. The summed E-state index contributed by atoms with van der Waals surface area (Å²) >= 11 is 0.622. The standard InChI is InChI=1S/C16H19F6N3O2S/c1-7(2)12(27)24-14(15(17,18)19,16(20,21)22)25-13-10(11(23)26)8-5-3-4-6-9(8)28-13/h7,25H,3-6H2,1-2H3,(H2,23,26)(H,24,27). The molecule has 0 saturated carbocycles. The number of nitrogens with one attached hydrogen (secondary N) is 2. The van der Waals surface area contributed by atoms with E-state index in [0.717, 1.165) is 19.2 Å². The molecule has 12 heteroatoms. The molecule has 0 aromatic carbocycles. The predicted molar refractivity (Wildman–Crippen MR) is 90.9 cm³/mol. The molecule has 4 N–H and O–H groups in total. The third kappa shape index (κ3) is 3.91. The molecule has 0 atom stereocenters. The lowest BCUT2D eigenvalue weighted by Crippen LogP contribution is -2.72. The van der Waals surface area contributed by atoms with Crippen molar-refractivity contribution >= 4 is 28.2 Å². The van der Waals surface area contributed by atoms with E-state index in [2.05, 4.69) is 0 Å². The van der Waals surface area contributed by atoms with E-state index in [-0.39, 0.29) is 0 Å². The second kappa shape index (κ2) is 7.45. The molecular formula is C16H19F6N3O2S. The lowest BCUT2D eigenvalue weighted by atomic mass is 9.95. The van der Waals surface area contributed by atoms with E-state index in [1.165, 1.54) is 5.32 Å². The number of carbonyl (C=O) groups excluding carboxylic acids is 2. The molecule has 2 amide bonds. The van der Waals surface area contributed by atoms with Gasteiger partial charge in [0.1, 0.15) is 5.00 Å². The molecule has 1 aliphatic carbocycles. The van der Waals surface area contributed by atoms with Crippen molar-refractivity contribution in [2.75, 3.05) is 5.32 Å². The quantitative estimate of drug-likeness (QED) is 0.491. The van der Waals surface area contributed by atoms with E-state index in [4.69, 9.17) is 5.73 Å². The Morgan fingerprint density at radius 1 is 1.04 bits per heavy atom. The van der Waals surface area contributed by atoms with Gasteiger partial charge in [0.05, 0.1) is 5.56 Å². The van der Waals surface area contributed by atoms with Gasteiger partial charge in [0.25, 0.3) is 5.91 Å². The Balaban J connectivity index is 2.65. The highest BCUT2D eigenvalue weighted by Crippen LogP contribution is 2.47. The number of primary amides is 1. The number of thiophene rings is 1. The minimum atomic E-state index is -5.95. The number of rotatable bonds is 5. The van der Waals surface area contributed by atoms with Gasteiger partial charge in [0.15, 0.2) is 0 Å². The van der Waals surface area contributed by atoms with Crippen LogP contribution in [0.4, 0.5) is 31.3 Å². The smallest absolute Gasteiger partial charge is 0.365 e. The van der Waals surface area contributed by atoms with Crippen LogP contribution in [-0.4, -0.2) is 29.8 Å². The van der Waals surface area contributed by atoms with Crippen LogP contribution in [0.3, 0.4) is 0 Å². The number of anilines is 1. The molecule has 0 radical (unpaired) electrons. The Bertz CT molecular complexity index is 756. The molecule has 0 aliphatic heterocycles. The molecule has 1 aliphatic rings. The first-order valence-electron chi connectivity index (χ1n) is 8.39. The zero-order valence-corrected chi connectivity index (χ0v) is 15.8. The number of hydrogen-bond acceptors (Lipinski definition) is 4. The summed E-state index contributed by atoms with van der Waals surface area (Å²) in [5.74, 6) is -3.72.